The van der Waals surface area contributed by atoms with Gasteiger partial charge in [-0.15, -0.1) is 0 Å². The number of rotatable bonds is 6. The lowest BCUT2D eigenvalue weighted by molar-refractivity contribution is -0.384. The van der Waals surface area contributed by atoms with Gasteiger partial charge in [-0.05, 0) is 44.3 Å². The summed E-state index contributed by atoms with van der Waals surface area (Å²) in [6.45, 7) is 2.81. The molecule has 0 spiro atoms. The predicted octanol–water partition coefficient (Wildman–Crippen LogP) is 3.72. The number of hydrogen-bond donors (Lipinski definition) is 1. The van der Waals surface area contributed by atoms with E-state index in [0.29, 0.717) is 18.7 Å². The Labute approximate surface area is 134 Å². The molecule has 0 unspecified atom stereocenters. The lowest BCUT2D eigenvalue weighted by Crippen LogP contribution is -2.12. The van der Waals surface area contributed by atoms with Crippen LogP contribution in [0.25, 0.3) is 0 Å². The molecule has 2 rings (SSSR count). The maximum Gasteiger partial charge on any atom is 0.269 e. The Hall–Kier alpha value is -2.47. The summed E-state index contributed by atoms with van der Waals surface area (Å²) < 4.78 is 14.0. The number of halogens is 1. The average molecular weight is 317 g/mol. The molecule has 0 aromatic heterocycles. The van der Waals surface area contributed by atoms with E-state index in [4.69, 9.17) is 0 Å². The van der Waals surface area contributed by atoms with Crippen molar-refractivity contribution in [2.45, 2.75) is 20.0 Å². The van der Waals surface area contributed by atoms with E-state index in [1.165, 1.54) is 18.2 Å². The van der Waals surface area contributed by atoms with E-state index >= 15 is 0 Å². The van der Waals surface area contributed by atoms with Crippen molar-refractivity contribution in [1.29, 1.82) is 0 Å². The second-order valence-corrected chi connectivity index (χ2v) is 5.77. The van der Waals surface area contributed by atoms with Gasteiger partial charge in [0.1, 0.15) is 5.82 Å². The number of non-ortho nitro benzene ring substituents is 1. The van der Waals surface area contributed by atoms with Crippen LogP contribution in [0.5, 0.6) is 0 Å². The van der Waals surface area contributed by atoms with Gasteiger partial charge in [-0.1, -0.05) is 12.1 Å². The van der Waals surface area contributed by atoms with Gasteiger partial charge in [-0.25, -0.2) is 4.39 Å². The molecule has 0 fully saturated rings. The van der Waals surface area contributed by atoms with E-state index in [9.17, 15) is 14.5 Å². The number of anilines is 1. The van der Waals surface area contributed by atoms with Crippen LogP contribution in [0.4, 0.5) is 15.8 Å². The lowest BCUT2D eigenvalue weighted by Gasteiger charge is -2.13. The van der Waals surface area contributed by atoms with Gasteiger partial charge in [0.2, 0.25) is 0 Å². The smallest absolute Gasteiger partial charge is 0.269 e. The summed E-state index contributed by atoms with van der Waals surface area (Å²) in [5.74, 6) is -0.224. The van der Waals surface area contributed by atoms with E-state index in [2.05, 4.69) is 5.32 Å². The standard InChI is InChI=1S/C17H20FN3O2/c1-12-8-15(21(22)23)6-7-17(12)19-10-13-4-5-14(11-20(2)3)16(18)9-13/h4-9,19H,10-11H2,1-3H3. The molecular formula is C17H20FN3O2. The van der Waals surface area contributed by atoms with Crippen molar-refractivity contribution in [2.75, 3.05) is 19.4 Å². The first-order chi connectivity index (χ1) is 10.9. The van der Waals surface area contributed by atoms with Gasteiger partial charge >= 0.3 is 0 Å². The molecule has 0 aliphatic carbocycles. The molecule has 1 N–H and O–H groups in total. The summed E-state index contributed by atoms with van der Waals surface area (Å²) in [6, 6.07) is 9.83. The van der Waals surface area contributed by atoms with Gasteiger partial charge in [-0.2, -0.15) is 0 Å². The van der Waals surface area contributed by atoms with Crippen molar-refractivity contribution in [3.63, 3.8) is 0 Å². The van der Waals surface area contributed by atoms with Crippen LogP contribution < -0.4 is 5.32 Å². The van der Waals surface area contributed by atoms with E-state index in [0.717, 1.165) is 16.8 Å². The van der Waals surface area contributed by atoms with Crippen LogP contribution in [0.2, 0.25) is 0 Å². The monoisotopic (exact) mass is 317 g/mol. The lowest BCUT2D eigenvalue weighted by atomic mass is 10.1. The van der Waals surface area contributed by atoms with Crippen LogP contribution in [-0.2, 0) is 13.1 Å². The van der Waals surface area contributed by atoms with Gasteiger partial charge in [0, 0.05) is 36.5 Å². The Bertz CT molecular complexity index is 717. The molecule has 0 saturated carbocycles. The van der Waals surface area contributed by atoms with Crippen molar-refractivity contribution in [3.8, 4) is 0 Å². The number of nitrogens with one attached hydrogen (secondary N) is 1. The highest BCUT2D eigenvalue weighted by Gasteiger charge is 2.09. The second kappa shape index (κ2) is 7.19. The normalized spacial score (nSPS) is 10.8. The number of hydrogen-bond acceptors (Lipinski definition) is 4. The average Bonchev–Trinajstić information content (AvgIpc) is 2.48. The highest BCUT2D eigenvalue weighted by Crippen LogP contribution is 2.22. The first-order valence-electron chi connectivity index (χ1n) is 7.28. The molecule has 0 aliphatic rings. The highest BCUT2D eigenvalue weighted by molar-refractivity contribution is 5.55. The van der Waals surface area contributed by atoms with Gasteiger partial charge in [0.05, 0.1) is 4.92 Å². The van der Waals surface area contributed by atoms with Crippen LogP contribution in [0.1, 0.15) is 16.7 Å². The van der Waals surface area contributed by atoms with Gasteiger partial charge in [0.15, 0.2) is 0 Å². The van der Waals surface area contributed by atoms with Gasteiger partial charge in [-0.3, -0.25) is 10.1 Å². The number of nitro benzene ring substituents is 1. The van der Waals surface area contributed by atoms with Crippen molar-refractivity contribution in [1.82, 2.24) is 4.90 Å². The maximum atomic E-state index is 14.0. The number of benzene rings is 2. The summed E-state index contributed by atoms with van der Waals surface area (Å²) in [5.41, 5.74) is 3.12. The van der Waals surface area contributed by atoms with Crippen LogP contribution in [0.15, 0.2) is 36.4 Å². The van der Waals surface area contributed by atoms with Crippen molar-refractivity contribution in [3.05, 3.63) is 69.0 Å². The molecular weight excluding hydrogens is 297 g/mol. The molecule has 0 radical (unpaired) electrons. The first kappa shape index (κ1) is 16.9. The number of aryl methyl sites for hydroxylation is 1. The van der Waals surface area contributed by atoms with Gasteiger partial charge in [0.25, 0.3) is 5.69 Å². The van der Waals surface area contributed by atoms with Crippen LogP contribution >= 0.6 is 0 Å². The summed E-state index contributed by atoms with van der Waals surface area (Å²) >= 11 is 0. The van der Waals surface area contributed by atoms with E-state index in [1.807, 2.05) is 25.1 Å². The minimum Gasteiger partial charge on any atom is -0.381 e. The maximum absolute atomic E-state index is 14.0. The third-order valence-corrected chi connectivity index (χ3v) is 3.51. The molecule has 2 aromatic carbocycles. The summed E-state index contributed by atoms with van der Waals surface area (Å²) in [5, 5.41) is 13.9. The van der Waals surface area contributed by atoms with E-state index in [-0.39, 0.29) is 11.5 Å². The molecule has 2 aromatic rings. The molecule has 0 heterocycles. The Balaban J connectivity index is 2.06. The summed E-state index contributed by atoms with van der Waals surface area (Å²) in [4.78, 5) is 12.2. The van der Waals surface area contributed by atoms with Crippen molar-refractivity contribution in [2.24, 2.45) is 0 Å². The topological polar surface area (TPSA) is 58.4 Å². The molecule has 23 heavy (non-hydrogen) atoms. The Morgan fingerprint density at radius 2 is 1.96 bits per heavy atom. The molecule has 6 heteroatoms. The third-order valence-electron chi connectivity index (χ3n) is 3.51. The zero-order valence-electron chi connectivity index (χ0n) is 13.5. The zero-order valence-corrected chi connectivity index (χ0v) is 13.5. The quantitative estimate of drug-likeness (QED) is 0.652. The molecule has 0 saturated heterocycles. The second-order valence-electron chi connectivity index (χ2n) is 5.77. The zero-order chi connectivity index (χ0) is 17.0. The Morgan fingerprint density at radius 3 is 2.52 bits per heavy atom. The molecule has 0 atom stereocenters. The Kier molecular flexibility index (Phi) is 5.28. The molecule has 0 amide bonds. The summed E-state index contributed by atoms with van der Waals surface area (Å²) in [6.07, 6.45) is 0. The number of nitro groups is 1. The fraction of sp³-hybridized carbons (Fsp3) is 0.294. The molecule has 0 aliphatic heterocycles. The molecule has 122 valence electrons. The predicted molar refractivity (Wildman–Crippen MR) is 89.0 cm³/mol. The van der Waals surface area contributed by atoms with E-state index in [1.54, 1.807) is 19.1 Å². The van der Waals surface area contributed by atoms with Crippen molar-refractivity contribution < 1.29 is 9.31 Å². The van der Waals surface area contributed by atoms with Crippen molar-refractivity contribution >= 4 is 11.4 Å². The largest absolute Gasteiger partial charge is 0.381 e. The molecule has 0 bridgehead atoms. The highest BCUT2D eigenvalue weighted by atomic mass is 19.1. The SMILES string of the molecule is Cc1cc([N+](=O)[O-])ccc1NCc1ccc(CN(C)C)c(F)c1. The fourth-order valence-corrected chi connectivity index (χ4v) is 2.33. The number of nitrogens with zero attached hydrogens (tertiary/aromatic N) is 2. The van der Waals surface area contributed by atoms with E-state index < -0.39 is 4.92 Å². The minimum atomic E-state index is -0.421. The van der Waals surface area contributed by atoms with Gasteiger partial charge < -0.3 is 10.2 Å². The summed E-state index contributed by atoms with van der Waals surface area (Å²) in [7, 11) is 3.79. The third kappa shape index (κ3) is 4.50. The fourth-order valence-electron chi connectivity index (χ4n) is 2.33. The van der Waals surface area contributed by atoms with Crippen LogP contribution in [-0.4, -0.2) is 23.9 Å². The van der Waals surface area contributed by atoms with Crippen LogP contribution in [0, 0.1) is 22.9 Å². The van der Waals surface area contributed by atoms with Crippen LogP contribution in [0.3, 0.4) is 0 Å². The Morgan fingerprint density at radius 1 is 1.22 bits per heavy atom. The minimum absolute atomic E-state index is 0.0622. The first-order valence-corrected chi connectivity index (χ1v) is 7.28. The molecule has 5 nitrogen and oxygen atoms in total.